The second-order valence-electron chi connectivity index (χ2n) is 8.94. The third kappa shape index (κ3) is 3.50. The van der Waals surface area contributed by atoms with Crippen LogP contribution in [0.2, 0.25) is 0 Å². The fourth-order valence-electron chi connectivity index (χ4n) is 6.00. The van der Waals surface area contributed by atoms with Gasteiger partial charge in [0.05, 0.1) is 21.3 Å². The van der Waals surface area contributed by atoms with Gasteiger partial charge in [-0.3, -0.25) is 0 Å². The number of hydrogen-bond acceptors (Lipinski definition) is 5. The zero-order valence-electron chi connectivity index (χ0n) is 18.3. The number of benzene rings is 1. The molecule has 3 fully saturated rings. The van der Waals surface area contributed by atoms with Crippen LogP contribution in [0.25, 0.3) is 0 Å². The van der Waals surface area contributed by atoms with E-state index < -0.39 is 5.72 Å². The number of hydrogen-bond donors (Lipinski definition) is 2. The van der Waals surface area contributed by atoms with Crippen molar-refractivity contribution in [3.05, 3.63) is 17.7 Å². The maximum atomic E-state index is 12.1. The Hall–Kier alpha value is -1.73. The number of aliphatic hydroxyl groups is 1. The zero-order chi connectivity index (χ0) is 21.4. The lowest BCUT2D eigenvalue weighted by Crippen LogP contribution is -2.75. The Bertz CT molecular complexity index is 770. The lowest BCUT2D eigenvalue weighted by Gasteiger charge is -2.61. The van der Waals surface area contributed by atoms with Gasteiger partial charge in [0, 0.05) is 18.0 Å². The normalized spacial score (nSPS) is 27.9. The highest BCUT2D eigenvalue weighted by Crippen LogP contribution is 2.51. The van der Waals surface area contributed by atoms with Crippen molar-refractivity contribution >= 4 is 17.3 Å². The van der Waals surface area contributed by atoms with E-state index >= 15 is 0 Å². The highest BCUT2D eigenvalue weighted by atomic mass is 32.1. The average Bonchev–Trinajstić information content (AvgIpc) is 2.76. The molecule has 6 nitrogen and oxygen atoms in total. The van der Waals surface area contributed by atoms with Crippen molar-refractivity contribution in [1.29, 1.82) is 0 Å². The van der Waals surface area contributed by atoms with Crippen molar-refractivity contribution < 1.29 is 19.3 Å². The monoisotopic (exact) mass is 434 g/mol. The van der Waals surface area contributed by atoms with Crippen LogP contribution >= 0.6 is 12.2 Å². The van der Waals surface area contributed by atoms with Gasteiger partial charge in [-0.15, -0.1) is 0 Å². The van der Waals surface area contributed by atoms with Crippen LogP contribution in [0.5, 0.6) is 17.2 Å². The van der Waals surface area contributed by atoms with Gasteiger partial charge in [0.25, 0.3) is 0 Å². The van der Waals surface area contributed by atoms with Gasteiger partial charge in [-0.05, 0) is 62.0 Å². The summed E-state index contributed by atoms with van der Waals surface area (Å²) in [5, 5.41) is 16.4. The number of nitrogens with zero attached hydrogens (tertiary/aromatic N) is 1. The predicted molar refractivity (Wildman–Crippen MR) is 120 cm³/mol. The molecule has 1 spiro atoms. The van der Waals surface area contributed by atoms with Gasteiger partial charge in [-0.2, -0.15) is 0 Å². The fourth-order valence-corrected chi connectivity index (χ4v) is 6.42. The van der Waals surface area contributed by atoms with E-state index in [0.717, 1.165) is 37.7 Å². The molecule has 1 heterocycles. The Labute approximate surface area is 184 Å². The van der Waals surface area contributed by atoms with E-state index in [0.29, 0.717) is 28.9 Å². The van der Waals surface area contributed by atoms with Crippen molar-refractivity contribution in [2.45, 2.75) is 75.6 Å². The van der Waals surface area contributed by atoms with Crippen LogP contribution in [0.1, 0.15) is 63.4 Å². The minimum Gasteiger partial charge on any atom is -0.493 e. The Morgan fingerprint density at radius 2 is 1.63 bits per heavy atom. The van der Waals surface area contributed by atoms with Gasteiger partial charge in [-0.1, -0.05) is 25.7 Å². The minimum absolute atomic E-state index is 0.0592. The van der Waals surface area contributed by atoms with Gasteiger partial charge in [0.15, 0.2) is 16.6 Å². The number of fused-ring (bicyclic) bond motifs is 2. The molecule has 7 heteroatoms. The smallest absolute Gasteiger partial charge is 0.203 e. The van der Waals surface area contributed by atoms with Crippen LogP contribution in [-0.4, -0.2) is 47.7 Å². The van der Waals surface area contributed by atoms with E-state index in [2.05, 4.69) is 5.32 Å². The maximum absolute atomic E-state index is 12.1. The topological polar surface area (TPSA) is 63.2 Å². The summed E-state index contributed by atoms with van der Waals surface area (Å²) < 4.78 is 16.5. The molecule has 2 atom stereocenters. The summed E-state index contributed by atoms with van der Waals surface area (Å²) in [6, 6.07) is 3.88. The van der Waals surface area contributed by atoms with Gasteiger partial charge in [0.1, 0.15) is 5.72 Å². The molecular formula is C23H34N2O4S. The molecule has 30 heavy (non-hydrogen) atoms. The van der Waals surface area contributed by atoms with Crippen LogP contribution in [0.4, 0.5) is 0 Å². The highest BCUT2D eigenvalue weighted by Gasteiger charge is 2.58. The minimum atomic E-state index is -0.918. The van der Waals surface area contributed by atoms with Crippen LogP contribution in [-0.2, 0) is 6.54 Å². The Balaban J connectivity index is 1.68. The van der Waals surface area contributed by atoms with Gasteiger partial charge in [0.2, 0.25) is 5.75 Å². The van der Waals surface area contributed by atoms with E-state index in [1.54, 1.807) is 21.3 Å². The maximum Gasteiger partial charge on any atom is 0.203 e. The van der Waals surface area contributed by atoms with E-state index in [9.17, 15) is 5.11 Å². The van der Waals surface area contributed by atoms with E-state index in [1.807, 2.05) is 17.0 Å². The van der Waals surface area contributed by atoms with Crippen LogP contribution < -0.4 is 19.5 Å². The van der Waals surface area contributed by atoms with Crippen LogP contribution in [0, 0.1) is 5.92 Å². The molecule has 1 aromatic carbocycles. The first-order chi connectivity index (χ1) is 14.5. The van der Waals surface area contributed by atoms with Crippen molar-refractivity contribution in [1.82, 2.24) is 10.2 Å². The lowest BCUT2D eigenvalue weighted by molar-refractivity contribution is -0.184. The molecule has 1 aromatic rings. The van der Waals surface area contributed by atoms with E-state index in [4.69, 9.17) is 26.4 Å². The molecule has 0 bridgehead atoms. The van der Waals surface area contributed by atoms with E-state index in [1.165, 1.54) is 25.7 Å². The number of thiocarbonyl (C=S) groups is 1. The fraction of sp³-hybridized carbons (Fsp3) is 0.696. The van der Waals surface area contributed by atoms with Crippen LogP contribution in [0.15, 0.2) is 12.1 Å². The summed E-state index contributed by atoms with van der Waals surface area (Å²) in [6.07, 6.45) is 9.86. The molecule has 166 valence electrons. The second-order valence-corrected chi connectivity index (χ2v) is 9.33. The number of nitrogens with one attached hydrogen (secondary N) is 1. The molecule has 2 saturated carbocycles. The highest BCUT2D eigenvalue weighted by molar-refractivity contribution is 7.80. The molecule has 1 aliphatic heterocycles. The summed E-state index contributed by atoms with van der Waals surface area (Å²) in [6.45, 7) is 0.492. The molecule has 0 aromatic heterocycles. The zero-order valence-corrected chi connectivity index (χ0v) is 19.1. The third-order valence-electron chi connectivity index (χ3n) is 7.39. The molecule has 3 aliphatic rings. The van der Waals surface area contributed by atoms with Crippen molar-refractivity contribution in [3.8, 4) is 17.2 Å². The first kappa shape index (κ1) is 21.5. The Kier molecular flexibility index (Phi) is 6.04. The third-order valence-corrected chi connectivity index (χ3v) is 7.71. The molecule has 2 N–H and O–H groups in total. The second kappa shape index (κ2) is 8.42. The molecule has 0 radical (unpaired) electrons. The molecule has 4 rings (SSSR count). The van der Waals surface area contributed by atoms with Crippen molar-refractivity contribution in [3.63, 3.8) is 0 Å². The summed E-state index contributed by atoms with van der Waals surface area (Å²) in [5.41, 5.74) is -0.0137. The Morgan fingerprint density at radius 3 is 2.23 bits per heavy atom. The first-order valence-electron chi connectivity index (χ1n) is 11.1. The largest absolute Gasteiger partial charge is 0.493 e. The summed E-state index contributed by atoms with van der Waals surface area (Å²) in [7, 11) is 4.83. The van der Waals surface area contributed by atoms with Crippen molar-refractivity contribution in [2.75, 3.05) is 21.3 Å². The molecule has 2 aliphatic carbocycles. The standard InChI is InChI=1S/C23H34N2O4S/c1-27-17-13-16(14-18(28-2)20(17)29-3)15-25-21(30)24-22(10-6-4-7-11-22)19-9-5-8-12-23(19,25)26/h13-14,19,26H,4-12,15H2,1-3H3,(H,24,30)/t19-,23-/m0/s1. The molecule has 1 saturated heterocycles. The quantitative estimate of drug-likeness (QED) is 0.680. The van der Waals surface area contributed by atoms with Gasteiger partial charge in [-0.25, -0.2) is 0 Å². The molecule has 0 amide bonds. The average molecular weight is 435 g/mol. The van der Waals surface area contributed by atoms with Crippen LogP contribution in [0.3, 0.4) is 0 Å². The van der Waals surface area contributed by atoms with Gasteiger partial charge < -0.3 is 29.5 Å². The van der Waals surface area contributed by atoms with Crippen molar-refractivity contribution in [2.24, 2.45) is 5.92 Å². The van der Waals surface area contributed by atoms with Gasteiger partial charge >= 0.3 is 0 Å². The molecular weight excluding hydrogens is 400 g/mol. The Morgan fingerprint density at radius 1 is 1.00 bits per heavy atom. The van der Waals surface area contributed by atoms with E-state index in [-0.39, 0.29) is 11.5 Å². The number of methoxy groups -OCH3 is 3. The SMILES string of the molecule is COc1cc(CN2C(=S)NC3(CCCCC3)[C@@H]3CCCC[C@]32O)cc(OC)c1OC. The summed E-state index contributed by atoms with van der Waals surface area (Å²) >= 11 is 5.86. The molecule has 0 unspecified atom stereocenters. The number of rotatable bonds is 5. The predicted octanol–water partition coefficient (Wildman–Crippen LogP) is 3.98. The summed E-state index contributed by atoms with van der Waals surface area (Å²) in [5.74, 6) is 1.98. The number of ether oxygens (including phenoxy) is 3. The summed E-state index contributed by atoms with van der Waals surface area (Å²) in [4.78, 5) is 2.01. The first-order valence-corrected chi connectivity index (χ1v) is 11.5. The lowest BCUT2D eigenvalue weighted by atomic mass is 9.62.